The monoisotopic (exact) mass is 480 g/mol. The predicted molar refractivity (Wildman–Crippen MR) is 99.3 cm³/mol. The summed E-state index contributed by atoms with van der Waals surface area (Å²) in [6.45, 7) is 0. The van der Waals surface area contributed by atoms with Crippen LogP contribution in [0, 0.1) is 35.5 Å². The summed E-state index contributed by atoms with van der Waals surface area (Å²) in [6, 6.07) is 1.47. The number of benzene rings is 1. The van der Waals surface area contributed by atoms with Crippen molar-refractivity contribution >= 4 is 49.9 Å². The zero-order valence-electron chi connectivity index (χ0n) is 13.3. The Hall–Kier alpha value is -1.67. The fraction of sp³-hybridized carbons (Fsp3) is 0.389. The van der Waals surface area contributed by atoms with E-state index in [1.54, 1.807) is 0 Å². The van der Waals surface area contributed by atoms with E-state index in [-0.39, 0.29) is 57.0 Å². The second kappa shape index (κ2) is 5.42. The van der Waals surface area contributed by atoms with Crippen LogP contribution in [0.25, 0.3) is 0 Å². The Labute approximate surface area is 165 Å². The fourth-order valence-electron chi connectivity index (χ4n) is 4.89. The molecule has 6 atom stereocenters. The number of imide groups is 1. The first-order valence-electron chi connectivity index (χ1n) is 8.40. The van der Waals surface area contributed by atoms with Crippen LogP contribution in [-0.4, -0.2) is 33.3 Å². The molecule has 0 spiro atoms. The van der Waals surface area contributed by atoms with Gasteiger partial charge in [0.2, 0.25) is 0 Å². The molecular formula is C18H14Br2N2O4. The molecule has 1 saturated heterocycles. The number of phenols is 2. The smallest absolute Gasteiger partial charge is 0.254 e. The van der Waals surface area contributed by atoms with E-state index < -0.39 is 0 Å². The SMILES string of the molecule is O=C1[C@@H]2[C@H]3C=C[C@@H]([C@@H]4C[C@@H]34)[C@H]2C(=O)N1/N=C\c1cc(Br)c(O)c(Br)c1O. The first kappa shape index (κ1) is 16.5. The van der Waals surface area contributed by atoms with Gasteiger partial charge in [0.05, 0.1) is 22.5 Å². The number of halogens is 2. The van der Waals surface area contributed by atoms with Gasteiger partial charge in [-0.05, 0) is 68.0 Å². The Bertz CT molecular complexity index is 892. The first-order chi connectivity index (χ1) is 12.4. The molecule has 8 heteroatoms. The fourth-order valence-corrected chi connectivity index (χ4v) is 6.04. The van der Waals surface area contributed by atoms with Crippen LogP contribution in [0.3, 0.4) is 0 Å². The number of phenolic OH excluding ortho intramolecular Hbond substituents is 2. The molecule has 5 aliphatic rings. The van der Waals surface area contributed by atoms with Gasteiger partial charge in [0.25, 0.3) is 11.8 Å². The summed E-state index contributed by atoms with van der Waals surface area (Å²) in [6.07, 6.45) is 6.60. The lowest BCUT2D eigenvalue weighted by Gasteiger charge is -2.37. The lowest BCUT2D eigenvalue weighted by Crippen LogP contribution is -2.40. The van der Waals surface area contributed by atoms with Crippen molar-refractivity contribution < 1.29 is 19.8 Å². The van der Waals surface area contributed by atoms with Crippen molar-refractivity contribution in [3.05, 3.63) is 32.7 Å². The maximum absolute atomic E-state index is 12.8. The van der Waals surface area contributed by atoms with Crippen molar-refractivity contribution in [1.82, 2.24) is 5.01 Å². The van der Waals surface area contributed by atoms with E-state index in [1.807, 2.05) is 0 Å². The quantitative estimate of drug-likeness (QED) is 0.386. The van der Waals surface area contributed by atoms with Crippen LogP contribution in [-0.2, 0) is 9.59 Å². The van der Waals surface area contributed by atoms with E-state index in [0.717, 1.165) is 11.4 Å². The van der Waals surface area contributed by atoms with Crippen LogP contribution in [0.15, 0.2) is 32.3 Å². The van der Waals surface area contributed by atoms with Gasteiger partial charge in [0.15, 0.2) is 0 Å². The molecule has 3 fully saturated rings. The Balaban J connectivity index is 1.47. The molecule has 1 aliphatic heterocycles. The summed E-state index contributed by atoms with van der Waals surface area (Å²) in [7, 11) is 0. The van der Waals surface area contributed by atoms with Crippen LogP contribution in [0.1, 0.15) is 12.0 Å². The van der Waals surface area contributed by atoms with Crippen LogP contribution in [0.4, 0.5) is 0 Å². The summed E-state index contributed by atoms with van der Waals surface area (Å²) < 4.78 is 0.474. The van der Waals surface area contributed by atoms with Crippen LogP contribution < -0.4 is 0 Å². The highest BCUT2D eigenvalue weighted by Crippen LogP contribution is 2.65. The Kier molecular flexibility index (Phi) is 3.44. The Morgan fingerprint density at radius 2 is 1.62 bits per heavy atom. The van der Waals surface area contributed by atoms with Crippen molar-refractivity contribution in [3.63, 3.8) is 0 Å². The van der Waals surface area contributed by atoms with E-state index in [0.29, 0.717) is 16.3 Å². The lowest BCUT2D eigenvalue weighted by molar-refractivity contribution is -0.140. The third kappa shape index (κ3) is 2.05. The number of allylic oxidation sites excluding steroid dienone is 2. The van der Waals surface area contributed by atoms with Crippen LogP contribution >= 0.6 is 31.9 Å². The van der Waals surface area contributed by atoms with Gasteiger partial charge in [-0.3, -0.25) is 9.59 Å². The van der Waals surface area contributed by atoms with Crippen molar-refractivity contribution in [1.29, 1.82) is 0 Å². The molecule has 0 radical (unpaired) electrons. The molecule has 4 aliphatic carbocycles. The molecule has 0 aromatic heterocycles. The molecule has 1 aromatic carbocycles. The molecule has 1 heterocycles. The minimum atomic E-state index is -0.301. The van der Waals surface area contributed by atoms with Gasteiger partial charge in [-0.15, -0.1) is 0 Å². The topological polar surface area (TPSA) is 90.2 Å². The number of rotatable bonds is 2. The highest BCUT2D eigenvalue weighted by Gasteiger charge is 2.67. The number of carbonyl (C=O) groups excluding carboxylic acids is 2. The number of aromatic hydroxyl groups is 2. The van der Waals surface area contributed by atoms with Crippen molar-refractivity contribution in [2.24, 2.45) is 40.6 Å². The molecule has 2 N–H and O–H groups in total. The standard InChI is InChI=1S/C18H14Br2N2O4/c19-11-3-6(15(23)14(20)16(11)24)5-21-22-17(25)12-7-1-2-8(10-4-9(7)10)13(12)18(22)26/h1-3,5,7-10,12-13,23-24H,4H2/b21-5-/t7-,8-,9-,10-,12+,13+/m0/s1. The number of hydrazone groups is 1. The van der Waals surface area contributed by atoms with Crippen molar-refractivity contribution in [2.75, 3.05) is 0 Å². The maximum Gasteiger partial charge on any atom is 0.254 e. The molecule has 1 aromatic rings. The molecular weight excluding hydrogens is 468 g/mol. The van der Waals surface area contributed by atoms with Gasteiger partial charge in [0.1, 0.15) is 16.0 Å². The summed E-state index contributed by atoms with van der Waals surface area (Å²) in [4.78, 5) is 25.7. The van der Waals surface area contributed by atoms with Gasteiger partial charge in [-0.2, -0.15) is 10.1 Å². The number of hydrogen-bond donors (Lipinski definition) is 2. The molecule has 6 rings (SSSR count). The molecule has 134 valence electrons. The Morgan fingerprint density at radius 3 is 2.19 bits per heavy atom. The van der Waals surface area contributed by atoms with Gasteiger partial charge < -0.3 is 10.2 Å². The van der Waals surface area contributed by atoms with E-state index >= 15 is 0 Å². The predicted octanol–water partition coefficient (Wildman–Crippen LogP) is 3.01. The van der Waals surface area contributed by atoms with E-state index in [1.165, 1.54) is 12.3 Å². The summed E-state index contributed by atoms with van der Waals surface area (Å²) in [5.74, 6) is -0.0749. The summed E-state index contributed by atoms with van der Waals surface area (Å²) in [5, 5.41) is 25.0. The van der Waals surface area contributed by atoms with E-state index in [9.17, 15) is 19.8 Å². The molecule has 26 heavy (non-hydrogen) atoms. The first-order valence-corrected chi connectivity index (χ1v) is 9.98. The number of carbonyl (C=O) groups is 2. The van der Waals surface area contributed by atoms with Gasteiger partial charge >= 0.3 is 0 Å². The van der Waals surface area contributed by atoms with Gasteiger partial charge in [0, 0.05) is 5.56 Å². The minimum absolute atomic E-state index is 0.114. The second-order valence-electron chi connectivity index (χ2n) is 7.35. The summed E-state index contributed by atoms with van der Waals surface area (Å²) in [5.41, 5.74) is 0.279. The van der Waals surface area contributed by atoms with Crippen LogP contribution in [0.5, 0.6) is 11.5 Å². The number of nitrogens with zero attached hydrogens (tertiary/aromatic N) is 2. The zero-order chi connectivity index (χ0) is 18.3. The molecule has 2 amide bonds. The van der Waals surface area contributed by atoms with E-state index in [2.05, 4.69) is 49.1 Å². The van der Waals surface area contributed by atoms with Crippen molar-refractivity contribution in [3.8, 4) is 11.5 Å². The molecule has 2 saturated carbocycles. The van der Waals surface area contributed by atoms with Gasteiger partial charge in [-0.25, -0.2) is 0 Å². The third-order valence-electron chi connectivity index (χ3n) is 6.15. The van der Waals surface area contributed by atoms with Crippen molar-refractivity contribution in [2.45, 2.75) is 6.42 Å². The average molecular weight is 482 g/mol. The minimum Gasteiger partial charge on any atom is -0.506 e. The number of hydrogen-bond acceptors (Lipinski definition) is 5. The zero-order valence-corrected chi connectivity index (χ0v) is 16.5. The highest BCUT2D eigenvalue weighted by molar-refractivity contribution is 9.11. The second-order valence-corrected chi connectivity index (χ2v) is 8.99. The summed E-state index contributed by atoms with van der Waals surface area (Å²) >= 11 is 6.28. The maximum atomic E-state index is 12.8. The highest BCUT2D eigenvalue weighted by atomic mass is 79.9. The average Bonchev–Trinajstić information content (AvgIpc) is 3.41. The Morgan fingerprint density at radius 1 is 1.04 bits per heavy atom. The molecule has 0 unspecified atom stereocenters. The third-order valence-corrected chi connectivity index (χ3v) is 7.51. The largest absolute Gasteiger partial charge is 0.506 e. The molecule has 6 nitrogen and oxygen atoms in total. The van der Waals surface area contributed by atoms with E-state index in [4.69, 9.17) is 0 Å². The van der Waals surface area contributed by atoms with Gasteiger partial charge in [-0.1, -0.05) is 12.2 Å². The molecule has 2 bridgehead atoms. The number of amides is 2. The lowest BCUT2D eigenvalue weighted by atomic mass is 9.63. The van der Waals surface area contributed by atoms with Crippen LogP contribution in [0.2, 0.25) is 0 Å². The normalized spacial score (nSPS) is 36.8.